The minimum Gasteiger partial charge on any atom is -0.496 e. The van der Waals surface area contributed by atoms with Gasteiger partial charge in [-0.05, 0) is 38.3 Å². The van der Waals surface area contributed by atoms with Gasteiger partial charge in [-0.2, -0.15) is 0 Å². The third kappa shape index (κ3) is 3.99. The Bertz CT molecular complexity index is 410. The molecule has 0 aromatic heterocycles. The summed E-state index contributed by atoms with van der Waals surface area (Å²) in [6.07, 6.45) is 8.05. The smallest absolute Gasteiger partial charge is 0.123 e. The Morgan fingerprint density at radius 1 is 1.30 bits per heavy atom. The zero-order chi connectivity index (χ0) is 14.4. The van der Waals surface area contributed by atoms with Crippen LogP contribution in [0.3, 0.4) is 0 Å². The monoisotopic (exact) mass is 275 g/mol. The van der Waals surface area contributed by atoms with Gasteiger partial charge in [0.1, 0.15) is 5.75 Å². The second-order valence-electron chi connectivity index (χ2n) is 6.14. The SMILES string of the molecule is CCCNC(CC1CCCC1)c1cc(C)ccc1OC. The normalized spacial score (nSPS) is 17.4. The van der Waals surface area contributed by atoms with Crippen LogP contribution in [0.25, 0.3) is 0 Å². The fourth-order valence-electron chi connectivity index (χ4n) is 3.34. The molecular weight excluding hydrogens is 246 g/mol. The highest BCUT2D eigenvalue weighted by Crippen LogP contribution is 2.36. The number of rotatable bonds is 7. The van der Waals surface area contributed by atoms with Crippen LogP contribution in [-0.2, 0) is 0 Å². The molecule has 0 bridgehead atoms. The molecule has 1 aromatic rings. The number of hydrogen-bond donors (Lipinski definition) is 1. The van der Waals surface area contributed by atoms with Crippen molar-refractivity contribution in [3.05, 3.63) is 29.3 Å². The minimum atomic E-state index is 0.438. The number of nitrogens with one attached hydrogen (secondary N) is 1. The predicted molar refractivity (Wildman–Crippen MR) is 85.3 cm³/mol. The lowest BCUT2D eigenvalue weighted by atomic mass is 9.92. The molecule has 1 atom stereocenters. The fourth-order valence-corrected chi connectivity index (χ4v) is 3.34. The summed E-state index contributed by atoms with van der Waals surface area (Å²) in [5.74, 6) is 1.91. The van der Waals surface area contributed by atoms with Crippen molar-refractivity contribution in [1.82, 2.24) is 5.32 Å². The quantitative estimate of drug-likeness (QED) is 0.783. The van der Waals surface area contributed by atoms with E-state index in [2.05, 4.69) is 37.4 Å². The molecule has 0 aliphatic heterocycles. The molecule has 1 saturated carbocycles. The Labute approximate surface area is 123 Å². The zero-order valence-corrected chi connectivity index (χ0v) is 13.2. The van der Waals surface area contributed by atoms with Crippen LogP contribution in [0.15, 0.2) is 18.2 Å². The first-order chi connectivity index (χ1) is 9.74. The molecule has 2 nitrogen and oxygen atoms in total. The van der Waals surface area contributed by atoms with Gasteiger partial charge in [-0.3, -0.25) is 0 Å². The summed E-state index contributed by atoms with van der Waals surface area (Å²) in [5.41, 5.74) is 2.66. The summed E-state index contributed by atoms with van der Waals surface area (Å²) in [4.78, 5) is 0. The molecule has 0 heterocycles. The Morgan fingerprint density at radius 3 is 2.70 bits per heavy atom. The van der Waals surface area contributed by atoms with Crippen LogP contribution in [0.4, 0.5) is 0 Å². The summed E-state index contributed by atoms with van der Waals surface area (Å²) in [7, 11) is 1.78. The molecule has 0 saturated heterocycles. The zero-order valence-electron chi connectivity index (χ0n) is 13.2. The van der Waals surface area contributed by atoms with Crippen LogP contribution in [0.5, 0.6) is 5.75 Å². The van der Waals surface area contributed by atoms with Gasteiger partial charge in [-0.25, -0.2) is 0 Å². The lowest BCUT2D eigenvalue weighted by molar-refractivity contribution is 0.367. The summed E-state index contributed by atoms with van der Waals surface area (Å²) in [6.45, 7) is 5.47. The number of ether oxygens (including phenoxy) is 1. The Hall–Kier alpha value is -1.02. The molecule has 1 unspecified atom stereocenters. The Morgan fingerprint density at radius 2 is 2.05 bits per heavy atom. The van der Waals surface area contributed by atoms with Gasteiger partial charge in [0.25, 0.3) is 0 Å². The van der Waals surface area contributed by atoms with Crippen LogP contribution in [0.1, 0.15) is 62.6 Å². The topological polar surface area (TPSA) is 21.3 Å². The van der Waals surface area contributed by atoms with Gasteiger partial charge in [-0.1, -0.05) is 50.3 Å². The van der Waals surface area contributed by atoms with Crippen molar-refractivity contribution in [2.24, 2.45) is 5.92 Å². The Balaban J connectivity index is 2.17. The molecule has 0 amide bonds. The maximum Gasteiger partial charge on any atom is 0.123 e. The first-order valence-corrected chi connectivity index (χ1v) is 8.12. The van der Waals surface area contributed by atoms with E-state index in [1.54, 1.807) is 7.11 Å². The molecule has 1 aliphatic carbocycles. The molecule has 1 N–H and O–H groups in total. The van der Waals surface area contributed by atoms with E-state index in [9.17, 15) is 0 Å². The molecule has 20 heavy (non-hydrogen) atoms. The van der Waals surface area contributed by atoms with E-state index in [1.807, 2.05) is 0 Å². The molecule has 1 aromatic carbocycles. The second kappa shape index (κ2) is 7.68. The van der Waals surface area contributed by atoms with Gasteiger partial charge < -0.3 is 10.1 Å². The molecule has 1 fully saturated rings. The second-order valence-corrected chi connectivity index (χ2v) is 6.14. The van der Waals surface area contributed by atoms with E-state index in [0.717, 1.165) is 18.2 Å². The van der Waals surface area contributed by atoms with Crippen LogP contribution < -0.4 is 10.1 Å². The van der Waals surface area contributed by atoms with Crippen LogP contribution >= 0.6 is 0 Å². The number of hydrogen-bond acceptors (Lipinski definition) is 2. The predicted octanol–water partition coefficient (Wildman–Crippen LogP) is 4.62. The van der Waals surface area contributed by atoms with Gasteiger partial charge in [0, 0.05) is 11.6 Å². The van der Waals surface area contributed by atoms with Crippen LogP contribution in [-0.4, -0.2) is 13.7 Å². The standard InChI is InChI=1S/C18H29NO/c1-4-11-19-17(13-15-7-5-6-8-15)16-12-14(2)9-10-18(16)20-3/h9-10,12,15,17,19H,4-8,11,13H2,1-3H3. The Kier molecular flexibility index (Phi) is 5.90. The molecule has 2 heteroatoms. The van der Waals surface area contributed by atoms with E-state index in [4.69, 9.17) is 4.74 Å². The number of methoxy groups -OCH3 is 1. The van der Waals surface area contributed by atoms with Gasteiger partial charge in [0.2, 0.25) is 0 Å². The first-order valence-electron chi connectivity index (χ1n) is 8.12. The van der Waals surface area contributed by atoms with Gasteiger partial charge >= 0.3 is 0 Å². The summed E-state index contributed by atoms with van der Waals surface area (Å²) in [6, 6.07) is 6.98. The van der Waals surface area contributed by atoms with Crippen molar-refractivity contribution in [2.45, 2.75) is 58.4 Å². The average Bonchev–Trinajstić information content (AvgIpc) is 2.96. The third-order valence-electron chi connectivity index (χ3n) is 4.45. The van der Waals surface area contributed by atoms with Crippen LogP contribution in [0.2, 0.25) is 0 Å². The molecule has 112 valence electrons. The molecule has 2 rings (SSSR count). The van der Waals surface area contributed by atoms with E-state index in [-0.39, 0.29) is 0 Å². The highest BCUT2D eigenvalue weighted by atomic mass is 16.5. The van der Waals surface area contributed by atoms with Crippen molar-refractivity contribution in [1.29, 1.82) is 0 Å². The molecule has 1 aliphatic rings. The van der Waals surface area contributed by atoms with E-state index in [0.29, 0.717) is 6.04 Å². The number of aryl methyl sites for hydroxylation is 1. The lowest BCUT2D eigenvalue weighted by Crippen LogP contribution is -2.24. The highest BCUT2D eigenvalue weighted by Gasteiger charge is 2.23. The first kappa shape index (κ1) is 15.4. The maximum atomic E-state index is 5.59. The van der Waals surface area contributed by atoms with Crippen molar-refractivity contribution in [3.8, 4) is 5.75 Å². The third-order valence-corrected chi connectivity index (χ3v) is 4.45. The summed E-state index contributed by atoms with van der Waals surface area (Å²) >= 11 is 0. The fraction of sp³-hybridized carbons (Fsp3) is 0.667. The molecule has 0 spiro atoms. The lowest BCUT2D eigenvalue weighted by Gasteiger charge is -2.24. The average molecular weight is 275 g/mol. The van der Waals surface area contributed by atoms with E-state index >= 15 is 0 Å². The number of benzene rings is 1. The minimum absolute atomic E-state index is 0.438. The van der Waals surface area contributed by atoms with Crippen molar-refractivity contribution >= 4 is 0 Å². The summed E-state index contributed by atoms with van der Waals surface area (Å²) < 4.78 is 5.59. The van der Waals surface area contributed by atoms with Crippen LogP contribution in [0, 0.1) is 12.8 Å². The van der Waals surface area contributed by atoms with Crippen molar-refractivity contribution in [3.63, 3.8) is 0 Å². The van der Waals surface area contributed by atoms with Gasteiger partial charge in [0.15, 0.2) is 0 Å². The van der Waals surface area contributed by atoms with E-state index < -0.39 is 0 Å². The van der Waals surface area contributed by atoms with E-state index in [1.165, 1.54) is 49.7 Å². The van der Waals surface area contributed by atoms with Gasteiger partial charge in [0.05, 0.1) is 7.11 Å². The largest absolute Gasteiger partial charge is 0.496 e. The highest BCUT2D eigenvalue weighted by molar-refractivity contribution is 5.39. The molecule has 0 radical (unpaired) electrons. The maximum absolute atomic E-state index is 5.59. The van der Waals surface area contributed by atoms with Gasteiger partial charge in [-0.15, -0.1) is 0 Å². The molecular formula is C18H29NO. The van der Waals surface area contributed by atoms with Crippen molar-refractivity contribution in [2.75, 3.05) is 13.7 Å². The summed E-state index contributed by atoms with van der Waals surface area (Å²) in [5, 5.41) is 3.73. The van der Waals surface area contributed by atoms with Crippen molar-refractivity contribution < 1.29 is 4.74 Å².